The van der Waals surface area contributed by atoms with Gasteiger partial charge in [0.05, 0.1) is 11.2 Å². The van der Waals surface area contributed by atoms with Crippen LogP contribution in [0, 0.1) is 13.8 Å². The highest BCUT2D eigenvalue weighted by Gasteiger charge is 2.15. The molecule has 5 nitrogen and oxygen atoms in total. The molecule has 82 valence electrons. The van der Waals surface area contributed by atoms with Gasteiger partial charge in [-0.05, 0) is 25.0 Å². The second-order valence-corrected chi connectivity index (χ2v) is 3.67. The largest absolute Gasteiger partial charge is 0.476 e. The third-order valence-electron chi connectivity index (χ3n) is 2.70. The summed E-state index contributed by atoms with van der Waals surface area (Å²) in [5.41, 5.74) is 8.42. The fraction of sp³-hybridized carbons (Fsp3) is 0.182. The van der Waals surface area contributed by atoms with Crippen molar-refractivity contribution in [3.63, 3.8) is 0 Å². The molecule has 0 aliphatic rings. The van der Waals surface area contributed by atoms with Gasteiger partial charge in [-0.2, -0.15) is 0 Å². The summed E-state index contributed by atoms with van der Waals surface area (Å²) in [6, 6.07) is 3.66. The van der Waals surface area contributed by atoms with Crippen molar-refractivity contribution in [3.05, 3.63) is 29.0 Å². The van der Waals surface area contributed by atoms with Crippen LogP contribution in [0.1, 0.15) is 21.6 Å². The van der Waals surface area contributed by atoms with Crippen molar-refractivity contribution in [1.29, 1.82) is 0 Å². The van der Waals surface area contributed by atoms with Gasteiger partial charge in [0.1, 0.15) is 0 Å². The topological polar surface area (TPSA) is 89.1 Å². The summed E-state index contributed by atoms with van der Waals surface area (Å²) in [6.45, 7) is 3.87. The van der Waals surface area contributed by atoms with E-state index in [2.05, 4.69) is 10.2 Å². The van der Waals surface area contributed by atoms with Gasteiger partial charge in [0, 0.05) is 5.39 Å². The fourth-order valence-electron chi connectivity index (χ4n) is 1.59. The number of anilines is 1. The second-order valence-electron chi connectivity index (χ2n) is 3.67. The number of aromatic carboxylic acids is 1. The Morgan fingerprint density at radius 1 is 1.31 bits per heavy atom. The van der Waals surface area contributed by atoms with E-state index < -0.39 is 5.97 Å². The van der Waals surface area contributed by atoms with Crippen LogP contribution in [0.3, 0.4) is 0 Å². The summed E-state index contributed by atoms with van der Waals surface area (Å²) < 4.78 is 0. The highest BCUT2D eigenvalue weighted by atomic mass is 16.4. The van der Waals surface area contributed by atoms with Crippen LogP contribution >= 0.6 is 0 Å². The van der Waals surface area contributed by atoms with Gasteiger partial charge < -0.3 is 10.8 Å². The molecule has 0 aliphatic heterocycles. The molecule has 0 fully saturated rings. The van der Waals surface area contributed by atoms with Crippen LogP contribution in [0.4, 0.5) is 5.69 Å². The van der Waals surface area contributed by atoms with Crippen molar-refractivity contribution >= 4 is 22.6 Å². The van der Waals surface area contributed by atoms with E-state index in [-0.39, 0.29) is 11.4 Å². The molecule has 0 unspecified atom stereocenters. The van der Waals surface area contributed by atoms with Crippen LogP contribution in [-0.4, -0.2) is 21.3 Å². The zero-order chi connectivity index (χ0) is 11.9. The third kappa shape index (κ3) is 1.37. The lowest BCUT2D eigenvalue weighted by Crippen LogP contribution is -2.08. The lowest BCUT2D eigenvalue weighted by Gasteiger charge is -2.07. The lowest BCUT2D eigenvalue weighted by atomic mass is 10.0. The molecule has 1 aromatic carbocycles. The number of nitrogens with zero attached hydrogens (tertiary/aromatic N) is 2. The van der Waals surface area contributed by atoms with E-state index in [0.717, 1.165) is 11.1 Å². The standard InChI is InChI=1S/C11H11N3O2/c1-5-3-4-7-8(12)10(11(15)16)14-13-9(7)6(5)2/h3-4H,1-2H3,(H2,12,13)(H,15,16). The minimum atomic E-state index is -1.16. The molecule has 5 heteroatoms. The van der Waals surface area contributed by atoms with Gasteiger partial charge >= 0.3 is 5.97 Å². The zero-order valence-corrected chi connectivity index (χ0v) is 8.98. The molecule has 0 atom stereocenters. The minimum absolute atomic E-state index is 0.167. The molecule has 0 radical (unpaired) electrons. The van der Waals surface area contributed by atoms with Crippen LogP contribution < -0.4 is 5.73 Å². The number of nitrogen functional groups attached to an aromatic ring is 1. The van der Waals surface area contributed by atoms with Gasteiger partial charge in [0.25, 0.3) is 0 Å². The molecule has 0 saturated carbocycles. The highest BCUT2D eigenvalue weighted by Crippen LogP contribution is 2.25. The Hall–Kier alpha value is -2.17. The molecule has 0 aliphatic carbocycles. The average Bonchev–Trinajstić information content (AvgIpc) is 2.23. The van der Waals surface area contributed by atoms with Crippen molar-refractivity contribution in [1.82, 2.24) is 10.2 Å². The third-order valence-corrected chi connectivity index (χ3v) is 2.70. The lowest BCUT2D eigenvalue weighted by molar-refractivity contribution is 0.0691. The first-order valence-electron chi connectivity index (χ1n) is 4.77. The minimum Gasteiger partial charge on any atom is -0.476 e. The molecule has 2 aromatic rings. The maximum absolute atomic E-state index is 10.8. The Morgan fingerprint density at radius 3 is 2.62 bits per heavy atom. The summed E-state index contributed by atoms with van der Waals surface area (Å²) in [7, 11) is 0. The van der Waals surface area contributed by atoms with E-state index in [1.54, 1.807) is 6.07 Å². The number of carbonyl (C=O) groups is 1. The summed E-state index contributed by atoms with van der Waals surface area (Å²) in [6.07, 6.45) is 0. The molecule has 0 spiro atoms. The number of nitrogens with two attached hydrogens (primary N) is 1. The first-order valence-corrected chi connectivity index (χ1v) is 4.77. The Bertz CT molecular complexity index is 593. The van der Waals surface area contributed by atoms with Crippen molar-refractivity contribution in [2.24, 2.45) is 0 Å². The first kappa shape index (κ1) is 10.4. The molecular weight excluding hydrogens is 206 g/mol. The molecule has 1 heterocycles. The Balaban J connectivity index is 2.87. The SMILES string of the molecule is Cc1ccc2c(N)c(C(=O)O)nnc2c1C. The normalized spacial score (nSPS) is 10.6. The maximum Gasteiger partial charge on any atom is 0.358 e. The Morgan fingerprint density at radius 2 is 2.00 bits per heavy atom. The van der Waals surface area contributed by atoms with Crippen molar-refractivity contribution < 1.29 is 9.90 Å². The number of carboxylic acid groups (broad SMARTS) is 1. The molecular formula is C11H11N3O2. The predicted molar refractivity (Wildman–Crippen MR) is 60.4 cm³/mol. The number of carboxylic acids is 1. The van der Waals surface area contributed by atoms with E-state index in [1.165, 1.54) is 0 Å². The van der Waals surface area contributed by atoms with Crippen LogP contribution in [-0.2, 0) is 0 Å². The van der Waals surface area contributed by atoms with Crippen LogP contribution in [0.15, 0.2) is 12.1 Å². The molecule has 0 bridgehead atoms. The van der Waals surface area contributed by atoms with E-state index in [9.17, 15) is 4.79 Å². The summed E-state index contributed by atoms with van der Waals surface area (Å²) in [5.74, 6) is -1.16. The van der Waals surface area contributed by atoms with E-state index >= 15 is 0 Å². The number of hydrogen-bond donors (Lipinski definition) is 2. The summed E-state index contributed by atoms with van der Waals surface area (Å²) >= 11 is 0. The Kier molecular flexibility index (Phi) is 2.23. The van der Waals surface area contributed by atoms with Crippen LogP contribution in [0.25, 0.3) is 10.9 Å². The zero-order valence-electron chi connectivity index (χ0n) is 8.98. The second kappa shape index (κ2) is 3.44. The summed E-state index contributed by atoms with van der Waals surface area (Å²) in [4.78, 5) is 10.8. The Labute approximate surface area is 91.9 Å². The van der Waals surface area contributed by atoms with Gasteiger partial charge in [-0.1, -0.05) is 12.1 Å². The maximum atomic E-state index is 10.8. The molecule has 16 heavy (non-hydrogen) atoms. The van der Waals surface area contributed by atoms with Gasteiger partial charge in [-0.3, -0.25) is 0 Å². The van der Waals surface area contributed by atoms with Gasteiger partial charge in [0.2, 0.25) is 0 Å². The van der Waals surface area contributed by atoms with E-state index in [4.69, 9.17) is 10.8 Å². The van der Waals surface area contributed by atoms with Crippen molar-refractivity contribution in [3.8, 4) is 0 Å². The van der Waals surface area contributed by atoms with Gasteiger partial charge in [0.15, 0.2) is 5.69 Å². The monoisotopic (exact) mass is 217 g/mol. The number of aromatic nitrogens is 2. The van der Waals surface area contributed by atoms with Crippen molar-refractivity contribution in [2.75, 3.05) is 5.73 Å². The number of aryl methyl sites for hydroxylation is 2. The van der Waals surface area contributed by atoms with E-state index in [1.807, 2.05) is 19.9 Å². The number of fused-ring (bicyclic) bond motifs is 1. The average molecular weight is 217 g/mol. The molecule has 0 saturated heterocycles. The smallest absolute Gasteiger partial charge is 0.358 e. The molecule has 2 rings (SSSR count). The fourth-order valence-corrected chi connectivity index (χ4v) is 1.59. The highest BCUT2D eigenvalue weighted by molar-refractivity contribution is 6.02. The van der Waals surface area contributed by atoms with Crippen LogP contribution in [0.2, 0.25) is 0 Å². The predicted octanol–water partition coefficient (Wildman–Crippen LogP) is 1.53. The van der Waals surface area contributed by atoms with Crippen molar-refractivity contribution in [2.45, 2.75) is 13.8 Å². The van der Waals surface area contributed by atoms with Gasteiger partial charge in [-0.15, -0.1) is 10.2 Å². The number of hydrogen-bond acceptors (Lipinski definition) is 4. The van der Waals surface area contributed by atoms with Gasteiger partial charge in [-0.25, -0.2) is 4.79 Å². The number of benzene rings is 1. The van der Waals surface area contributed by atoms with Crippen LogP contribution in [0.5, 0.6) is 0 Å². The molecule has 3 N–H and O–H groups in total. The summed E-state index contributed by atoms with van der Waals surface area (Å²) in [5, 5.41) is 17.0. The molecule has 0 amide bonds. The number of rotatable bonds is 1. The molecule has 1 aromatic heterocycles. The van der Waals surface area contributed by atoms with E-state index in [0.29, 0.717) is 10.9 Å². The first-order chi connectivity index (χ1) is 7.52. The quantitative estimate of drug-likeness (QED) is 0.756.